The summed E-state index contributed by atoms with van der Waals surface area (Å²) < 4.78 is 0. The Morgan fingerprint density at radius 3 is 2.35 bits per heavy atom. The van der Waals surface area contributed by atoms with Gasteiger partial charge in [-0.3, -0.25) is 9.69 Å². The van der Waals surface area contributed by atoms with Crippen molar-refractivity contribution < 1.29 is 4.79 Å². The molecule has 1 aliphatic rings. The molecule has 3 N–H and O–H groups in total. The van der Waals surface area contributed by atoms with E-state index in [0.717, 1.165) is 38.4 Å². The molecule has 0 aliphatic carbocycles. The first-order valence-electron chi connectivity index (χ1n) is 8.21. The fourth-order valence-corrected chi connectivity index (χ4v) is 2.98. The van der Waals surface area contributed by atoms with Crippen LogP contribution >= 0.6 is 0 Å². The second-order valence-electron chi connectivity index (χ2n) is 6.47. The zero-order valence-corrected chi connectivity index (χ0v) is 13.7. The highest BCUT2D eigenvalue weighted by Crippen LogP contribution is 2.25. The van der Waals surface area contributed by atoms with E-state index in [-0.39, 0.29) is 11.3 Å². The molecule has 0 bridgehead atoms. The van der Waals surface area contributed by atoms with Crippen molar-refractivity contribution in [3.8, 4) is 0 Å². The lowest BCUT2D eigenvalue weighted by Gasteiger charge is -2.36. The number of carbonyl (C=O) groups is 1. The molecule has 1 amide bonds. The molecule has 1 fully saturated rings. The SMILES string of the molecule is CCC(CC)(CN)C(=O)NCC(C)N1CCC(C)CC1. The molecule has 0 aromatic rings. The molecule has 0 saturated carbocycles. The molecule has 0 spiro atoms. The molecular weight excluding hydrogens is 250 g/mol. The molecule has 20 heavy (non-hydrogen) atoms. The van der Waals surface area contributed by atoms with E-state index in [2.05, 4.69) is 24.1 Å². The smallest absolute Gasteiger partial charge is 0.227 e. The van der Waals surface area contributed by atoms with Gasteiger partial charge in [-0.15, -0.1) is 0 Å². The first-order chi connectivity index (χ1) is 9.49. The number of nitrogens with one attached hydrogen (secondary N) is 1. The zero-order valence-electron chi connectivity index (χ0n) is 13.7. The van der Waals surface area contributed by atoms with Crippen molar-refractivity contribution in [1.29, 1.82) is 0 Å². The summed E-state index contributed by atoms with van der Waals surface area (Å²) in [6.07, 6.45) is 4.16. The third-order valence-electron chi connectivity index (χ3n) is 5.23. The van der Waals surface area contributed by atoms with E-state index < -0.39 is 0 Å². The minimum atomic E-state index is -0.379. The van der Waals surface area contributed by atoms with Crippen LogP contribution in [0.4, 0.5) is 0 Å². The van der Waals surface area contributed by atoms with Gasteiger partial charge in [-0.2, -0.15) is 0 Å². The molecule has 1 saturated heterocycles. The van der Waals surface area contributed by atoms with Crippen LogP contribution in [0.2, 0.25) is 0 Å². The minimum absolute atomic E-state index is 0.127. The molecule has 0 aromatic carbocycles. The lowest BCUT2D eigenvalue weighted by atomic mass is 9.81. The molecule has 4 heteroatoms. The average molecular weight is 283 g/mol. The van der Waals surface area contributed by atoms with E-state index in [0.29, 0.717) is 12.6 Å². The van der Waals surface area contributed by atoms with Crippen LogP contribution in [0.3, 0.4) is 0 Å². The Labute approximate surface area is 124 Å². The van der Waals surface area contributed by atoms with Crippen LogP contribution < -0.4 is 11.1 Å². The number of nitrogens with zero attached hydrogens (tertiary/aromatic N) is 1. The number of carbonyl (C=O) groups excluding carboxylic acids is 1. The van der Waals surface area contributed by atoms with Crippen LogP contribution in [-0.4, -0.2) is 43.0 Å². The molecule has 1 rings (SSSR count). The second kappa shape index (κ2) is 7.99. The molecule has 1 heterocycles. The number of nitrogens with two attached hydrogens (primary N) is 1. The van der Waals surface area contributed by atoms with Crippen molar-refractivity contribution in [2.45, 2.75) is 59.4 Å². The monoisotopic (exact) mass is 283 g/mol. The Morgan fingerprint density at radius 2 is 1.90 bits per heavy atom. The summed E-state index contributed by atoms with van der Waals surface area (Å²) in [6, 6.07) is 0.413. The molecule has 0 aromatic heterocycles. The van der Waals surface area contributed by atoms with Crippen molar-refractivity contribution in [1.82, 2.24) is 10.2 Å². The lowest BCUT2D eigenvalue weighted by molar-refractivity contribution is -0.131. The maximum atomic E-state index is 12.4. The van der Waals surface area contributed by atoms with Crippen LogP contribution in [0.5, 0.6) is 0 Å². The van der Waals surface area contributed by atoms with Gasteiger partial charge in [0, 0.05) is 19.1 Å². The van der Waals surface area contributed by atoms with Crippen molar-refractivity contribution in [3.05, 3.63) is 0 Å². The molecule has 1 atom stereocenters. The fourth-order valence-electron chi connectivity index (χ4n) is 2.98. The molecule has 0 radical (unpaired) electrons. The van der Waals surface area contributed by atoms with Gasteiger partial charge in [0.1, 0.15) is 0 Å². The summed E-state index contributed by atoms with van der Waals surface area (Å²) in [7, 11) is 0. The Kier molecular flexibility index (Phi) is 6.96. The number of hydrogen-bond acceptors (Lipinski definition) is 3. The average Bonchev–Trinajstić information content (AvgIpc) is 2.48. The summed E-state index contributed by atoms with van der Waals surface area (Å²) in [6.45, 7) is 12.1. The summed E-state index contributed by atoms with van der Waals surface area (Å²) in [5.41, 5.74) is 5.44. The molecule has 118 valence electrons. The Bertz CT molecular complexity index is 286. The van der Waals surface area contributed by atoms with Crippen LogP contribution in [0.25, 0.3) is 0 Å². The minimum Gasteiger partial charge on any atom is -0.354 e. The molecule has 1 aliphatic heterocycles. The van der Waals surface area contributed by atoms with Gasteiger partial charge in [0.05, 0.1) is 5.41 Å². The molecule has 4 nitrogen and oxygen atoms in total. The summed E-state index contributed by atoms with van der Waals surface area (Å²) >= 11 is 0. The first-order valence-corrected chi connectivity index (χ1v) is 8.21. The Hall–Kier alpha value is -0.610. The lowest BCUT2D eigenvalue weighted by Crippen LogP contribution is -2.50. The summed E-state index contributed by atoms with van der Waals surface area (Å²) in [5, 5.41) is 3.12. The molecular formula is C16H33N3O. The van der Waals surface area contributed by atoms with Crippen LogP contribution in [0.1, 0.15) is 53.4 Å². The van der Waals surface area contributed by atoms with Gasteiger partial charge in [-0.1, -0.05) is 20.8 Å². The Balaban J connectivity index is 2.43. The predicted octanol–water partition coefficient (Wildman–Crippen LogP) is 1.99. The van der Waals surface area contributed by atoms with E-state index in [1.54, 1.807) is 0 Å². The van der Waals surface area contributed by atoms with Gasteiger partial charge < -0.3 is 11.1 Å². The maximum Gasteiger partial charge on any atom is 0.227 e. The number of amides is 1. The van der Waals surface area contributed by atoms with Gasteiger partial charge in [-0.05, 0) is 51.6 Å². The second-order valence-corrected chi connectivity index (χ2v) is 6.47. The largest absolute Gasteiger partial charge is 0.354 e. The van der Waals surface area contributed by atoms with Gasteiger partial charge in [0.25, 0.3) is 0 Å². The number of piperidine rings is 1. The topological polar surface area (TPSA) is 58.4 Å². The zero-order chi connectivity index (χ0) is 15.2. The quantitative estimate of drug-likeness (QED) is 0.751. The Morgan fingerprint density at radius 1 is 1.35 bits per heavy atom. The highest BCUT2D eigenvalue weighted by atomic mass is 16.2. The predicted molar refractivity (Wildman–Crippen MR) is 84.5 cm³/mol. The van der Waals surface area contributed by atoms with E-state index >= 15 is 0 Å². The highest BCUT2D eigenvalue weighted by molar-refractivity contribution is 5.82. The normalized spacial score (nSPS) is 19.9. The number of rotatable bonds is 7. The van der Waals surface area contributed by atoms with Gasteiger partial charge in [-0.25, -0.2) is 0 Å². The molecule has 1 unspecified atom stereocenters. The van der Waals surface area contributed by atoms with Crippen molar-refractivity contribution in [2.24, 2.45) is 17.1 Å². The van der Waals surface area contributed by atoms with E-state index in [1.165, 1.54) is 12.8 Å². The van der Waals surface area contributed by atoms with Gasteiger partial charge in [0.15, 0.2) is 0 Å². The van der Waals surface area contributed by atoms with Crippen molar-refractivity contribution in [3.63, 3.8) is 0 Å². The standard InChI is InChI=1S/C16H33N3O/c1-5-16(6-2,12-17)15(20)18-11-14(4)19-9-7-13(3)8-10-19/h13-14H,5-12,17H2,1-4H3,(H,18,20). The van der Waals surface area contributed by atoms with Crippen molar-refractivity contribution >= 4 is 5.91 Å². The maximum absolute atomic E-state index is 12.4. The highest BCUT2D eigenvalue weighted by Gasteiger charge is 2.33. The van der Waals surface area contributed by atoms with E-state index in [4.69, 9.17) is 5.73 Å². The fraction of sp³-hybridized carbons (Fsp3) is 0.938. The number of likely N-dealkylation sites (tertiary alicyclic amines) is 1. The summed E-state index contributed by atoms with van der Waals surface area (Å²) in [5.74, 6) is 0.973. The number of hydrogen-bond donors (Lipinski definition) is 2. The third kappa shape index (κ3) is 4.19. The van der Waals surface area contributed by atoms with E-state index in [9.17, 15) is 4.79 Å². The first kappa shape index (κ1) is 17.4. The third-order valence-corrected chi connectivity index (χ3v) is 5.23. The van der Waals surface area contributed by atoms with Gasteiger partial charge >= 0.3 is 0 Å². The van der Waals surface area contributed by atoms with E-state index in [1.807, 2.05) is 13.8 Å². The summed E-state index contributed by atoms with van der Waals surface area (Å²) in [4.78, 5) is 14.9. The van der Waals surface area contributed by atoms with Crippen LogP contribution in [0, 0.1) is 11.3 Å². The van der Waals surface area contributed by atoms with Crippen LogP contribution in [-0.2, 0) is 4.79 Å². The van der Waals surface area contributed by atoms with Gasteiger partial charge in [0.2, 0.25) is 5.91 Å². The van der Waals surface area contributed by atoms with Crippen molar-refractivity contribution in [2.75, 3.05) is 26.2 Å². The van der Waals surface area contributed by atoms with Crippen LogP contribution in [0.15, 0.2) is 0 Å².